The number of rotatable bonds is 4. The number of nitrogens with one attached hydrogen (secondary N) is 2. The number of nitriles is 1. The van der Waals surface area contributed by atoms with Crippen molar-refractivity contribution in [3.8, 4) is 17.7 Å². The third kappa shape index (κ3) is 5.49. The van der Waals surface area contributed by atoms with Gasteiger partial charge < -0.3 is 29.9 Å². The molecule has 1 atom stereocenters. The molecule has 2 heterocycles. The van der Waals surface area contributed by atoms with E-state index in [0.29, 0.717) is 56.0 Å². The molecule has 2 N–H and O–H groups in total. The number of hydrogen-bond donors (Lipinski definition) is 2. The zero-order valence-corrected chi connectivity index (χ0v) is 21.3. The number of hydrogen-bond acceptors (Lipinski definition) is 5. The molecule has 1 fully saturated rings. The standard InChI is InChI=1S/C29H30N6O3/c1-2-21-8-6-7-11-24(21)33-28(31-20-30)34-14-15-35(25(19-34)22-9-4-3-5-10-22)29(36)32-23-12-13-26-27(18-23)38-17-16-37-26/h3-13,18,25H,2,14-17,19H2,1H3,(H,31,33)(H,32,36). The first-order valence-corrected chi connectivity index (χ1v) is 12.7. The minimum absolute atomic E-state index is 0.210. The maximum Gasteiger partial charge on any atom is 0.322 e. The number of amides is 2. The van der Waals surface area contributed by atoms with Crippen LogP contribution in [0.4, 0.5) is 16.2 Å². The first kappa shape index (κ1) is 25.0. The van der Waals surface area contributed by atoms with Gasteiger partial charge >= 0.3 is 6.03 Å². The number of nitrogens with zero attached hydrogens (tertiary/aromatic N) is 4. The van der Waals surface area contributed by atoms with Crippen molar-refractivity contribution in [1.29, 1.82) is 5.26 Å². The van der Waals surface area contributed by atoms with Gasteiger partial charge in [0.1, 0.15) is 13.2 Å². The summed E-state index contributed by atoms with van der Waals surface area (Å²) >= 11 is 0. The summed E-state index contributed by atoms with van der Waals surface area (Å²) in [5, 5.41) is 15.8. The molecule has 9 heteroatoms. The maximum absolute atomic E-state index is 13.5. The van der Waals surface area contributed by atoms with Gasteiger partial charge in [0.15, 0.2) is 11.5 Å². The van der Waals surface area contributed by atoms with Crippen molar-refractivity contribution in [3.63, 3.8) is 0 Å². The largest absolute Gasteiger partial charge is 0.486 e. The van der Waals surface area contributed by atoms with Gasteiger partial charge in [0.05, 0.1) is 6.04 Å². The highest BCUT2D eigenvalue weighted by atomic mass is 16.6. The van der Waals surface area contributed by atoms with Gasteiger partial charge in [-0.25, -0.2) is 4.79 Å². The van der Waals surface area contributed by atoms with Crippen molar-refractivity contribution >= 4 is 23.4 Å². The monoisotopic (exact) mass is 510 g/mol. The number of aryl methyl sites for hydroxylation is 1. The quantitative estimate of drug-likeness (QED) is 0.295. The number of urea groups is 1. The highest BCUT2D eigenvalue weighted by molar-refractivity contribution is 5.95. The summed E-state index contributed by atoms with van der Waals surface area (Å²) in [7, 11) is 0. The van der Waals surface area contributed by atoms with Crippen molar-refractivity contribution in [2.24, 2.45) is 4.99 Å². The molecule has 0 bridgehead atoms. The molecule has 2 aliphatic heterocycles. The summed E-state index contributed by atoms with van der Waals surface area (Å²) in [6.07, 6.45) is 2.79. The molecule has 0 radical (unpaired) electrons. The Kier molecular flexibility index (Phi) is 7.59. The Balaban J connectivity index is 1.37. The van der Waals surface area contributed by atoms with Crippen LogP contribution >= 0.6 is 0 Å². The number of ether oxygens (including phenoxy) is 2. The SMILES string of the molecule is CCc1ccccc1N/C(=N\C#N)N1CCN(C(=O)Nc2ccc3c(c2)OCCO3)C(c2ccccc2)C1. The lowest BCUT2D eigenvalue weighted by molar-refractivity contribution is 0.136. The van der Waals surface area contributed by atoms with Crippen LogP contribution < -0.4 is 20.1 Å². The van der Waals surface area contributed by atoms with Gasteiger partial charge in [-0.2, -0.15) is 5.26 Å². The van der Waals surface area contributed by atoms with Gasteiger partial charge in [0.2, 0.25) is 12.2 Å². The van der Waals surface area contributed by atoms with E-state index in [1.54, 1.807) is 12.1 Å². The second-order valence-electron chi connectivity index (χ2n) is 9.03. The molecule has 2 aliphatic rings. The van der Waals surface area contributed by atoms with E-state index in [9.17, 15) is 10.1 Å². The van der Waals surface area contributed by atoms with Crippen molar-refractivity contribution in [3.05, 3.63) is 83.9 Å². The number of piperazine rings is 1. The minimum Gasteiger partial charge on any atom is -0.486 e. The Bertz CT molecular complexity index is 1350. The van der Waals surface area contributed by atoms with Gasteiger partial charge in [-0.3, -0.25) is 0 Å². The molecule has 3 aromatic carbocycles. The molecule has 0 spiro atoms. The third-order valence-corrected chi connectivity index (χ3v) is 6.72. The number of carbonyl (C=O) groups is 1. The van der Waals surface area contributed by atoms with Gasteiger partial charge in [-0.1, -0.05) is 55.5 Å². The summed E-state index contributed by atoms with van der Waals surface area (Å²) < 4.78 is 11.3. The molecule has 1 unspecified atom stereocenters. The number of benzene rings is 3. The van der Waals surface area contributed by atoms with Crippen LogP contribution in [0.15, 0.2) is 77.8 Å². The average molecular weight is 511 g/mol. The Morgan fingerprint density at radius 1 is 1.00 bits per heavy atom. The third-order valence-electron chi connectivity index (χ3n) is 6.72. The number of guanidine groups is 1. The minimum atomic E-state index is -0.255. The van der Waals surface area contributed by atoms with E-state index in [0.717, 1.165) is 23.2 Å². The lowest BCUT2D eigenvalue weighted by Crippen LogP contribution is -2.54. The fraction of sp³-hybridized carbons (Fsp3) is 0.276. The number of fused-ring (bicyclic) bond motifs is 1. The van der Waals surface area contributed by atoms with Crippen LogP contribution in [0.3, 0.4) is 0 Å². The summed E-state index contributed by atoms with van der Waals surface area (Å²) in [5.41, 5.74) is 3.69. The van der Waals surface area contributed by atoms with Gasteiger partial charge in [0, 0.05) is 37.1 Å². The molecule has 3 aromatic rings. The zero-order valence-electron chi connectivity index (χ0n) is 21.3. The fourth-order valence-corrected chi connectivity index (χ4v) is 4.79. The Labute approximate surface area is 222 Å². The molecule has 0 aromatic heterocycles. The molecular formula is C29H30N6O3. The molecular weight excluding hydrogens is 480 g/mol. The van der Waals surface area contributed by atoms with E-state index in [2.05, 4.69) is 28.6 Å². The average Bonchev–Trinajstić information content (AvgIpc) is 2.97. The smallest absolute Gasteiger partial charge is 0.322 e. The summed E-state index contributed by atoms with van der Waals surface area (Å²) in [6, 6.07) is 22.8. The zero-order chi connectivity index (χ0) is 26.3. The number of para-hydroxylation sites is 1. The van der Waals surface area contributed by atoms with Crippen molar-refractivity contribution in [2.75, 3.05) is 43.5 Å². The molecule has 38 heavy (non-hydrogen) atoms. The van der Waals surface area contributed by atoms with Crippen molar-refractivity contribution < 1.29 is 14.3 Å². The molecule has 0 saturated carbocycles. The second kappa shape index (κ2) is 11.6. The normalized spacial score (nSPS) is 16.9. The van der Waals surface area contributed by atoms with Crippen LogP contribution in [0, 0.1) is 11.5 Å². The van der Waals surface area contributed by atoms with Crippen LogP contribution in [-0.4, -0.2) is 54.6 Å². The first-order chi connectivity index (χ1) is 18.7. The molecule has 2 amide bonds. The molecule has 194 valence electrons. The maximum atomic E-state index is 13.5. The topological polar surface area (TPSA) is 102 Å². The van der Waals surface area contributed by atoms with Crippen LogP contribution in [0.2, 0.25) is 0 Å². The lowest BCUT2D eigenvalue weighted by atomic mass is 10.0. The van der Waals surface area contributed by atoms with E-state index in [1.807, 2.05) is 70.6 Å². The lowest BCUT2D eigenvalue weighted by Gasteiger charge is -2.42. The highest BCUT2D eigenvalue weighted by Gasteiger charge is 2.33. The summed E-state index contributed by atoms with van der Waals surface area (Å²) in [6.45, 7) is 4.51. The molecule has 5 rings (SSSR count). The van der Waals surface area contributed by atoms with Gasteiger partial charge in [-0.15, -0.1) is 4.99 Å². The van der Waals surface area contributed by atoms with E-state index in [1.165, 1.54) is 0 Å². The number of aliphatic imine (C=N–C) groups is 1. The van der Waals surface area contributed by atoms with Crippen LogP contribution in [0.5, 0.6) is 11.5 Å². The van der Waals surface area contributed by atoms with E-state index < -0.39 is 0 Å². The first-order valence-electron chi connectivity index (χ1n) is 12.7. The number of carbonyl (C=O) groups excluding carboxylic acids is 1. The predicted molar refractivity (Wildman–Crippen MR) is 146 cm³/mol. The Morgan fingerprint density at radius 3 is 2.55 bits per heavy atom. The molecule has 1 saturated heterocycles. The summed E-state index contributed by atoms with van der Waals surface area (Å²) in [4.78, 5) is 21.5. The van der Waals surface area contributed by atoms with E-state index in [4.69, 9.17) is 9.47 Å². The predicted octanol–water partition coefficient (Wildman–Crippen LogP) is 4.86. The molecule has 9 nitrogen and oxygen atoms in total. The Hall–Kier alpha value is -4.71. The Morgan fingerprint density at radius 2 is 1.76 bits per heavy atom. The summed E-state index contributed by atoms with van der Waals surface area (Å²) in [5.74, 6) is 1.77. The van der Waals surface area contributed by atoms with Crippen LogP contribution in [0.1, 0.15) is 24.1 Å². The fourth-order valence-electron chi connectivity index (χ4n) is 4.79. The van der Waals surface area contributed by atoms with E-state index in [-0.39, 0.29) is 12.1 Å². The second-order valence-corrected chi connectivity index (χ2v) is 9.03. The van der Waals surface area contributed by atoms with Gasteiger partial charge in [-0.05, 0) is 35.7 Å². The number of anilines is 2. The van der Waals surface area contributed by atoms with Crippen LogP contribution in [0.25, 0.3) is 0 Å². The van der Waals surface area contributed by atoms with Crippen LogP contribution in [-0.2, 0) is 6.42 Å². The van der Waals surface area contributed by atoms with Crippen molar-refractivity contribution in [1.82, 2.24) is 9.80 Å². The van der Waals surface area contributed by atoms with E-state index >= 15 is 0 Å². The van der Waals surface area contributed by atoms with Crippen molar-refractivity contribution in [2.45, 2.75) is 19.4 Å². The highest BCUT2D eigenvalue weighted by Crippen LogP contribution is 2.33. The molecule has 0 aliphatic carbocycles. The van der Waals surface area contributed by atoms with Gasteiger partial charge in [0.25, 0.3) is 0 Å².